The summed E-state index contributed by atoms with van der Waals surface area (Å²) >= 11 is 3.16. The third-order valence-corrected chi connectivity index (χ3v) is 4.74. The summed E-state index contributed by atoms with van der Waals surface area (Å²) in [4.78, 5) is 24.6. The first-order valence-electron chi connectivity index (χ1n) is 8.03. The lowest BCUT2D eigenvalue weighted by atomic mass is 10.0. The fourth-order valence-electron chi connectivity index (χ4n) is 2.89. The van der Waals surface area contributed by atoms with Crippen LogP contribution in [0.2, 0.25) is 0 Å². The van der Waals surface area contributed by atoms with Crippen LogP contribution in [-0.2, 0) is 0 Å². The third kappa shape index (κ3) is 3.93. The number of nitriles is 1. The molecule has 1 aliphatic heterocycles. The number of hydrogen-bond acceptors (Lipinski definition) is 5. The molecule has 10 heteroatoms. The van der Waals surface area contributed by atoms with Crippen molar-refractivity contribution in [2.45, 2.75) is 18.9 Å². The normalized spacial score (nSPS) is 14.6. The van der Waals surface area contributed by atoms with Crippen LogP contribution in [0.3, 0.4) is 0 Å². The molecular formula is C17H14BrFN4O4. The molecule has 0 unspecified atom stereocenters. The molecule has 0 saturated carbocycles. The Hall–Kier alpha value is -2.93. The van der Waals surface area contributed by atoms with Gasteiger partial charge in [0.25, 0.3) is 5.56 Å². The molecule has 0 aliphatic carbocycles. The molecule has 0 radical (unpaired) electrons. The van der Waals surface area contributed by atoms with Gasteiger partial charge in [-0.15, -0.1) is 0 Å². The molecule has 0 atom stereocenters. The summed E-state index contributed by atoms with van der Waals surface area (Å²) in [7, 11) is 0. The molecule has 1 amide bonds. The molecule has 140 valence electrons. The number of likely N-dealkylation sites (tertiary alicyclic amines) is 1. The molecule has 8 nitrogen and oxygen atoms in total. The van der Waals surface area contributed by atoms with Crippen molar-refractivity contribution in [2.75, 3.05) is 13.1 Å². The van der Waals surface area contributed by atoms with Gasteiger partial charge in [0.05, 0.1) is 5.56 Å². The van der Waals surface area contributed by atoms with Crippen LogP contribution in [0.1, 0.15) is 18.5 Å². The lowest BCUT2D eigenvalue weighted by Gasteiger charge is -2.30. The maximum Gasteiger partial charge on any atom is 0.407 e. The molecule has 1 aliphatic rings. The zero-order chi connectivity index (χ0) is 19.6. The van der Waals surface area contributed by atoms with E-state index in [4.69, 9.17) is 9.84 Å². The summed E-state index contributed by atoms with van der Waals surface area (Å²) in [6.07, 6.45) is -0.673. The Kier molecular flexibility index (Phi) is 5.41. The van der Waals surface area contributed by atoms with Crippen LogP contribution in [0.5, 0.6) is 5.75 Å². The van der Waals surface area contributed by atoms with Gasteiger partial charge in [-0.25, -0.2) is 14.3 Å². The number of piperidine rings is 1. The van der Waals surface area contributed by atoms with Crippen molar-refractivity contribution in [3.8, 4) is 22.9 Å². The first-order chi connectivity index (χ1) is 12.9. The van der Waals surface area contributed by atoms with Crippen LogP contribution in [0.4, 0.5) is 9.18 Å². The number of H-pyrrole nitrogens is 1. The van der Waals surface area contributed by atoms with Gasteiger partial charge in [-0.2, -0.15) is 10.4 Å². The van der Waals surface area contributed by atoms with Gasteiger partial charge in [-0.05, 0) is 18.2 Å². The van der Waals surface area contributed by atoms with E-state index in [9.17, 15) is 19.2 Å². The molecule has 1 saturated heterocycles. The zero-order valence-electron chi connectivity index (χ0n) is 13.9. The number of carboxylic acid groups (broad SMARTS) is 1. The number of rotatable bonds is 3. The number of amides is 1. The van der Waals surface area contributed by atoms with Gasteiger partial charge < -0.3 is 14.7 Å². The second kappa shape index (κ2) is 7.75. The largest absolute Gasteiger partial charge is 0.486 e. The zero-order valence-corrected chi connectivity index (χ0v) is 15.5. The first kappa shape index (κ1) is 18.8. The van der Waals surface area contributed by atoms with Crippen LogP contribution >= 0.6 is 15.9 Å². The molecule has 0 spiro atoms. The quantitative estimate of drug-likeness (QED) is 0.762. The Balaban J connectivity index is 2.00. The van der Waals surface area contributed by atoms with Crippen LogP contribution in [0.15, 0.2) is 27.5 Å². The van der Waals surface area contributed by atoms with Gasteiger partial charge in [-0.1, -0.05) is 15.9 Å². The number of benzene rings is 1. The van der Waals surface area contributed by atoms with E-state index < -0.39 is 23.6 Å². The standard InChI is InChI=1S/C17H14BrFN4O4/c18-9-1-2-11(12(19)7-9)14-15(13(8-20)21-22-16(14)24)27-10-3-5-23(6-4-10)17(25)26/h1-2,7,10H,3-6H2,(H,22,24)(H,25,26). The van der Waals surface area contributed by atoms with Gasteiger partial charge in [0.15, 0.2) is 5.75 Å². The number of nitrogens with one attached hydrogen (secondary N) is 1. The Morgan fingerprint density at radius 3 is 2.74 bits per heavy atom. The van der Waals surface area contributed by atoms with E-state index in [1.165, 1.54) is 17.0 Å². The molecule has 2 aromatic rings. The van der Waals surface area contributed by atoms with E-state index in [-0.39, 0.29) is 35.7 Å². The molecule has 27 heavy (non-hydrogen) atoms. The summed E-state index contributed by atoms with van der Waals surface area (Å²) in [6.45, 7) is 0.529. The lowest BCUT2D eigenvalue weighted by molar-refractivity contribution is 0.0892. The van der Waals surface area contributed by atoms with Crippen LogP contribution < -0.4 is 10.3 Å². The van der Waals surface area contributed by atoms with Crippen LogP contribution in [-0.4, -0.2) is 45.5 Å². The SMILES string of the molecule is N#Cc1n[nH]c(=O)c(-c2ccc(Br)cc2F)c1OC1CCN(C(=O)O)CC1. The van der Waals surface area contributed by atoms with E-state index in [2.05, 4.69) is 26.1 Å². The maximum absolute atomic E-state index is 14.4. The van der Waals surface area contributed by atoms with Crippen molar-refractivity contribution >= 4 is 22.0 Å². The predicted molar refractivity (Wildman–Crippen MR) is 95.9 cm³/mol. The fraction of sp³-hybridized carbons (Fsp3) is 0.294. The number of hydrogen-bond donors (Lipinski definition) is 2. The molecule has 3 rings (SSSR count). The van der Waals surface area contributed by atoms with Gasteiger partial charge in [0, 0.05) is 36.0 Å². The predicted octanol–water partition coefficient (Wildman–Crippen LogP) is 2.73. The highest BCUT2D eigenvalue weighted by Crippen LogP contribution is 2.33. The molecule has 1 fully saturated rings. The maximum atomic E-state index is 14.4. The van der Waals surface area contributed by atoms with E-state index in [0.717, 1.165) is 0 Å². The van der Waals surface area contributed by atoms with Crippen LogP contribution in [0, 0.1) is 17.1 Å². The number of aromatic amines is 1. The Bertz CT molecular complexity index is 980. The number of ether oxygens (including phenoxy) is 1. The summed E-state index contributed by atoms with van der Waals surface area (Å²) in [5.74, 6) is -0.758. The van der Waals surface area contributed by atoms with Gasteiger partial charge in [0.2, 0.25) is 5.69 Å². The monoisotopic (exact) mass is 436 g/mol. The van der Waals surface area contributed by atoms with Crippen molar-refractivity contribution in [3.63, 3.8) is 0 Å². The highest BCUT2D eigenvalue weighted by atomic mass is 79.9. The van der Waals surface area contributed by atoms with E-state index in [1.54, 1.807) is 6.07 Å². The number of halogens is 2. The second-order valence-corrected chi connectivity index (χ2v) is 6.84. The first-order valence-corrected chi connectivity index (χ1v) is 8.82. The van der Waals surface area contributed by atoms with E-state index in [0.29, 0.717) is 17.3 Å². The molecule has 2 N–H and O–H groups in total. The van der Waals surface area contributed by atoms with Crippen molar-refractivity contribution in [1.82, 2.24) is 15.1 Å². The Morgan fingerprint density at radius 1 is 1.44 bits per heavy atom. The van der Waals surface area contributed by atoms with Crippen molar-refractivity contribution in [3.05, 3.63) is 44.5 Å². The summed E-state index contributed by atoms with van der Waals surface area (Å²) in [6, 6.07) is 6.02. The van der Waals surface area contributed by atoms with Gasteiger partial charge in [0.1, 0.15) is 18.0 Å². The molecular weight excluding hydrogens is 423 g/mol. The third-order valence-electron chi connectivity index (χ3n) is 4.24. The number of carbonyl (C=O) groups is 1. The Morgan fingerprint density at radius 2 is 2.15 bits per heavy atom. The van der Waals surface area contributed by atoms with Crippen molar-refractivity contribution < 1.29 is 19.0 Å². The smallest absolute Gasteiger partial charge is 0.407 e. The second-order valence-electron chi connectivity index (χ2n) is 5.93. The number of aromatic nitrogens is 2. The summed E-state index contributed by atoms with van der Waals surface area (Å²) < 4.78 is 20.8. The Labute approximate surface area is 161 Å². The van der Waals surface area contributed by atoms with Crippen molar-refractivity contribution in [2.24, 2.45) is 0 Å². The highest BCUT2D eigenvalue weighted by Gasteiger charge is 2.27. The van der Waals surface area contributed by atoms with E-state index in [1.807, 2.05) is 6.07 Å². The minimum Gasteiger partial charge on any atom is -0.486 e. The molecule has 2 heterocycles. The van der Waals surface area contributed by atoms with Crippen LogP contribution in [0.25, 0.3) is 11.1 Å². The van der Waals surface area contributed by atoms with E-state index >= 15 is 0 Å². The highest BCUT2D eigenvalue weighted by molar-refractivity contribution is 9.10. The van der Waals surface area contributed by atoms with Crippen molar-refractivity contribution in [1.29, 1.82) is 5.26 Å². The fourth-order valence-corrected chi connectivity index (χ4v) is 3.23. The minimum atomic E-state index is -1.01. The summed E-state index contributed by atoms with van der Waals surface area (Å²) in [5, 5.41) is 24.2. The topological polar surface area (TPSA) is 119 Å². The number of nitrogens with zero attached hydrogens (tertiary/aromatic N) is 3. The molecule has 1 aromatic heterocycles. The average Bonchev–Trinajstić information content (AvgIpc) is 2.64. The minimum absolute atomic E-state index is 0.0173. The van der Waals surface area contributed by atoms with Gasteiger partial charge >= 0.3 is 6.09 Å². The molecule has 1 aromatic carbocycles. The molecule has 0 bridgehead atoms. The summed E-state index contributed by atoms with van der Waals surface area (Å²) in [5.41, 5.74) is -0.996. The van der Waals surface area contributed by atoms with Gasteiger partial charge in [-0.3, -0.25) is 4.79 Å². The lowest BCUT2D eigenvalue weighted by Crippen LogP contribution is -2.41. The average molecular weight is 437 g/mol.